The molecule has 10 amide bonds. The van der Waals surface area contributed by atoms with Crippen molar-refractivity contribution in [2.24, 2.45) is 17.6 Å². The third-order valence-electron chi connectivity index (χ3n) is 14.6. The highest BCUT2D eigenvalue weighted by Gasteiger charge is 2.44. The molecule has 15 N–H and O–H groups in total. The molecule has 86 heavy (non-hydrogen) atoms. The second kappa shape index (κ2) is 34.0. The Bertz CT molecular complexity index is 2710. The Morgan fingerprint density at radius 3 is 1.47 bits per heavy atom. The first-order chi connectivity index (χ1) is 40.3. The highest BCUT2D eigenvalue weighted by molar-refractivity contribution is 7.46. The summed E-state index contributed by atoms with van der Waals surface area (Å²) in [6.45, 7) is 7.59. The van der Waals surface area contributed by atoms with Gasteiger partial charge in [0.25, 0.3) is 0 Å². The number of carbonyl (C=O) groups is 14. The number of likely N-dealkylation sites (tertiary alicyclic amines) is 2. The van der Waals surface area contributed by atoms with Gasteiger partial charge < -0.3 is 77.7 Å². The Morgan fingerprint density at radius 1 is 0.558 bits per heavy atom. The number of primary amides is 1. The summed E-state index contributed by atoms with van der Waals surface area (Å²) >= 11 is 0. The van der Waals surface area contributed by atoms with Gasteiger partial charge >= 0.3 is 31.7 Å². The number of nitrogens with zero attached hydrogens (tertiary/aromatic N) is 2. The summed E-state index contributed by atoms with van der Waals surface area (Å²) in [5.41, 5.74) is 5.59. The smallest absolute Gasteiger partial charge is 0.481 e. The predicted molar refractivity (Wildman–Crippen MR) is 297 cm³/mol. The van der Waals surface area contributed by atoms with Crippen LogP contribution >= 0.6 is 7.82 Å². The summed E-state index contributed by atoms with van der Waals surface area (Å²) in [4.78, 5) is 205. The number of phosphoric ester groups is 1. The number of nitrogens with one attached hydrogen (secondary N) is 7. The molecule has 0 bridgehead atoms. The fourth-order valence-electron chi connectivity index (χ4n) is 9.60. The van der Waals surface area contributed by atoms with Crippen LogP contribution in [0.5, 0.6) is 5.75 Å². The maximum atomic E-state index is 14.7. The highest BCUT2D eigenvalue weighted by Crippen LogP contribution is 2.37. The van der Waals surface area contributed by atoms with E-state index >= 15 is 0 Å². The Labute approximate surface area is 494 Å². The molecule has 32 nitrogen and oxygen atoms in total. The zero-order valence-electron chi connectivity index (χ0n) is 48.3. The molecule has 2 saturated heterocycles. The van der Waals surface area contributed by atoms with E-state index in [1.54, 1.807) is 27.7 Å². The number of nitrogens with two attached hydrogens (primary N) is 1. The maximum Gasteiger partial charge on any atom is 0.524 e. The summed E-state index contributed by atoms with van der Waals surface area (Å²) in [5.74, 6) is -16.2. The van der Waals surface area contributed by atoms with E-state index in [0.717, 1.165) is 11.8 Å². The van der Waals surface area contributed by atoms with Crippen LogP contribution in [0.1, 0.15) is 130 Å². The maximum absolute atomic E-state index is 14.7. The normalized spacial score (nSPS) is 17.9. The topological polar surface area (TPSA) is 503 Å². The molecule has 1 aromatic carbocycles. The van der Waals surface area contributed by atoms with Gasteiger partial charge in [-0.1, -0.05) is 52.7 Å². The van der Waals surface area contributed by atoms with Crippen molar-refractivity contribution in [1.82, 2.24) is 47.0 Å². The van der Waals surface area contributed by atoms with E-state index in [0.29, 0.717) is 12.8 Å². The zero-order chi connectivity index (χ0) is 64.7. The quantitative estimate of drug-likeness (QED) is 0.0327. The van der Waals surface area contributed by atoms with Gasteiger partial charge in [-0.15, -0.1) is 0 Å². The average Bonchev–Trinajstić information content (AvgIpc) is 3.06. The van der Waals surface area contributed by atoms with E-state index in [1.165, 1.54) is 29.2 Å². The van der Waals surface area contributed by atoms with Gasteiger partial charge in [0.15, 0.2) is 0 Å². The van der Waals surface area contributed by atoms with Crippen molar-refractivity contribution in [2.45, 2.75) is 185 Å². The molecule has 11 atom stereocenters. The molecular weight excluding hydrogens is 1160 g/mol. The van der Waals surface area contributed by atoms with Crippen LogP contribution in [0.25, 0.3) is 0 Å². The van der Waals surface area contributed by atoms with Crippen LogP contribution < -0.4 is 47.5 Å². The molecule has 0 unspecified atom stereocenters. The third-order valence-corrected chi connectivity index (χ3v) is 15.1. The number of carboxylic acid groups (broad SMARTS) is 4. The fourth-order valence-corrected chi connectivity index (χ4v) is 10.0. The Hall–Kier alpha value is -8.25. The van der Waals surface area contributed by atoms with Gasteiger partial charge in [-0.05, 0) is 80.9 Å². The first-order valence-corrected chi connectivity index (χ1v) is 29.5. The minimum Gasteiger partial charge on any atom is -0.481 e. The van der Waals surface area contributed by atoms with Crippen LogP contribution in [-0.4, -0.2) is 190 Å². The first-order valence-electron chi connectivity index (χ1n) is 28.0. The summed E-state index contributed by atoms with van der Waals surface area (Å²) in [7, 11) is -5.02. The fraction of sp³-hybridized carbons (Fsp3) is 0.623. The second-order valence-corrected chi connectivity index (χ2v) is 22.4. The molecule has 33 heteroatoms. The highest BCUT2D eigenvalue weighted by atomic mass is 31.2. The van der Waals surface area contributed by atoms with Crippen molar-refractivity contribution < 1.29 is 106 Å². The Kier molecular flexibility index (Phi) is 28.5. The number of rotatable bonds is 36. The molecule has 478 valence electrons. The number of aliphatic carboxylic acids is 4. The molecule has 0 spiro atoms. The van der Waals surface area contributed by atoms with Crippen molar-refractivity contribution in [2.75, 3.05) is 13.1 Å². The van der Waals surface area contributed by atoms with Gasteiger partial charge in [-0.3, -0.25) is 72.1 Å². The number of carboxylic acids is 4. The lowest BCUT2D eigenvalue weighted by Gasteiger charge is -2.34. The number of phosphoric acid groups is 1. The molecule has 2 aliphatic heterocycles. The van der Waals surface area contributed by atoms with Gasteiger partial charge in [-0.25, -0.2) is 9.36 Å². The number of hydrogen-bond acceptors (Lipinski definition) is 16. The Morgan fingerprint density at radius 2 is 0.988 bits per heavy atom. The number of hydrogen-bond donors (Lipinski definition) is 14. The van der Waals surface area contributed by atoms with E-state index < -0.39 is 208 Å². The van der Waals surface area contributed by atoms with Crippen molar-refractivity contribution >= 4 is 90.8 Å². The van der Waals surface area contributed by atoms with Crippen molar-refractivity contribution in [3.05, 3.63) is 29.8 Å². The van der Waals surface area contributed by atoms with Crippen LogP contribution in [0.15, 0.2) is 24.3 Å². The van der Waals surface area contributed by atoms with E-state index in [1.807, 2.05) is 0 Å². The number of carbonyl (C=O) groups excluding carboxylic acids is 10. The van der Waals surface area contributed by atoms with Gasteiger partial charge in [0, 0.05) is 52.1 Å². The molecule has 1 aromatic rings. The average molecular weight is 1240 g/mol. The summed E-state index contributed by atoms with van der Waals surface area (Å²) < 4.78 is 16.2. The largest absolute Gasteiger partial charge is 0.524 e. The van der Waals surface area contributed by atoms with Gasteiger partial charge in [0.2, 0.25) is 59.1 Å². The van der Waals surface area contributed by atoms with E-state index in [-0.39, 0.29) is 56.5 Å². The van der Waals surface area contributed by atoms with Crippen LogP contribution in [0.4, 0.5) is 0 Å². The molecule has 2 aliphatic rings. The lowest BCUT2D eigenvalue weighted by Crippen LogP contribution is -2.61. The first kappa shape index (κ1) is 72.0. The summed E-state index contributed by atoms with van der Waals surface area (Å²) in [6, 6.07) is -8.44. The standard InChI is InChI=1S/C53H79N10O22P/c1-6-27(3)43(50(77)58-35(53(80)81)19-23-42(70)71)60-49(76)38-11-9-25-63(38)52(79)44(28(4)7-2)61-47(74)36(26-30-12-14-31(15-13-30)85-86(82,83)84)59-48(75)37-10-8-24-62(37)51(78)34(18-22-41(68)69)57-46(73)33(16-20-39(54)65)56-45(72)32(55-29(5)64)17-21-40(66)67/h12-15,27-28,32-38,43-44H,6-11,16-26H2,1-5H3,(H2,54,65)(H,55,64)(H,56,72)(H,57,73)(H,58,77)(H,59,75)(H,60,76)(H,61,74)(H,66,67)(H,68,69)(H,70,71)(H,80,81)(H2,82,83,84)/t27-,28-,32-,33-,34-,35-,36-,37-,38-,43-,44-/m0/s1. The monoisotopic (exact) mass is 1240 g/mol. The lowest BCUT2D eigenvalue weighted by atomic mass is 9.95. The van der Waals surface area contributed by atoms with Crippen LogP contribution in [-0.2, 0) is 78.1 Å². The Balaban J connectivity index is 2.00. The van der Waals surface area contributed by atoms with Gasteiger partial charge in [0.05, 0.1) is 0 Å². The zero-order valence-corrected chi connectivity index (χ0v) is 49.2. The third kappa shape index (κ3) is 23.3. The molecule has 0 aromatic heterocycles. The van der Waals surface area contributed by atoms with Crippen molar-refractivity contribution in [3.8, 4) is 5.75 Å². The minimum absolute atomic E-state index is 0.00911. The molecule has 3 rings (SSSR count). The van der Waals surface area contributed by atoms with E-state index in [9.17, 15) is 96.8 Å². The molecule has 0 radical (unpaired) electrons. The van der Waals surface area contributed by atoms with E-state index in [4.69, 9.17) is 10.8 Å². The molecule has 0 saturated carbocycles. The summed E-state index contributed by atoms with van der Waals surface area (Å²) in [5, 5.41) is 54.9. The van der Waals surface area contributed by atoms with E-state index in [2.05, 4.69) is 41.7 Å². The molecule has 2 fully saturated rings. The predicted octanol–water partition coefficient (Wildman–Crippen LogP) is -1.87. The van der Waals surface area contributed by atoms with Crippen LogP contribution in [0, 0.1) is 11.8 Å². The van der Waals surface area contributed by atoms with Crippen molar-refractivity contribution in [1.29, 1.82) is 0 Å². The molecule has 0 aliphatic carbocycles. The van der Waals surface area contributed by atoms with Gasteiger partial charge in [0.1, 0.15) is 60.1 Å². The molecule has 2 heterocycles. The summed E-state index contributed by atoms with van der Waals surface area (Å²) in [6.07, 6.45) is -3.62. The number of benzene rings is 1. The van der Waals surface area contributed by atoms with Gasteiger partial charge in [-0.2, -0.15) is 0 Å². The lowest BCUT2D eigenvalue weighted by molar-refractivity contribution is -0.145. The second-order valence-electron chi connectivity index (χ2n) is 21.2. The van der Waals surface area contributed by atoms with Crippen LogP contribution in [0.3, 0.4) is 0 Å². The molecular formula is C53H79N10O22P. The SMILES string of the molecule is CC[C@H](C)[C@H](NC(=O)[C@@H]1CCCN1C(=O)[C@@H](NC(=O)[C@H](Cc1ccc(OP(=O)(O)O)cc1)NC(=O)[C@@H]1CCCN1C(=O)[C@H](CCC(=O)O)NC(=O)[C@H](CCC(N)=O)NC(=O)[C@H](CCC(=O)O)NC(C)=O)[C@@H](C)CC)C(=O)N[C@@H](CCC(=O)O)C(=O)O. The number of amides is 10. The van der Waals surface area contributed by atoms with Crippen molar-refractivity contribution in [3.63, 3.8) is 0 Å². The van der Waals surface area contributed by atoms with Crippen LogP contribution in [0.2, 0.25) is 0 Å². The minimum atomic E-state index is -5.02.